The Kier molecular flexibility index (Phi) is 4.67. The van der Waals surface area contributed by atoms with Crippen molar-refractivity contribution in [3.63, 3.8) is 0 Å². The Morgan fingerprint density at radius 3 is 2.70 bits per heavy atom. The maximum absolute atomic E-state index is 11.9. The lowest BCUT2D eigenvalue weighted by atomic mass is 10.1. The van der Waals surface area contributed by atoms with E-state index in [2.05, 4.69) is 4.74 Å². The Hall–Kier alpha value is -1.53. The van der Waals surface area contributed by atoms with Crippen LogP contribution in [-0.2, 0) is 17.8 Å². The number of hydrogen-bond donors (Lipinski definition) is 1. The van der Waals surface area contributed by atoms with E-state index in [9.17, 15) is 13.2 Å². The molecule has 3 nitrogen and oxygen atoms in total. The largest absolute Gasteiger partial charge is 0.411 e. The van der Waals surface area contributed by atoms with Crippen molar-refractivity contribution < 1.29 is 17.9 Å². The van der Waals surface area contributed by atoms with E-state index >= 15 is 0 Å². The van der Waals surface area contributed by atoms with E-state index in [-0.39, 0.29) is 6.61 Å². The van der Waals surface area contributed by atoms with Crippen LogP contribution in [0.5, 0.6) is 0 Å². The van der Waals surface area contributed by atoms with Gasteiger partial charge in [0.2, 0.25) is 0 Å². The van der Waals surface area contributed by atoms with Crippen LogP contribution >= 0.6 is 0 Å². The standard InChI is InChI=1S/C14H17F3N2O/c15-14(16,17)10-20-8-2-6-19-7-5-11-3-1-4-12(9-18)13(11)19/h1,3-5,7H,2,6,8-10,18H2. The van der Waals surface area contributed by atoms with E-state index in [1.54, 1.807) is 0 Å². The van der Waals surface area contributed by atoms with Gasteiger partial charge in [-0.15, -0.1) is 0 Å². The van der Waals surface area contributed by atoms with Crippen LogP contribution in [0, 0.1) is 0 Å². The maximum Gasteiger partial charge on any atom is 0.411 e. The van der Waals surface area contributed by atoms with Gasteiger partial charge < -0.3 is 15.0 Å². The number of rotatable bonds is 6. The number of para-hydroxylation sites is 1. The number of benzene rings is 1. The van der Waals surface area contributed by atoms with Gasteiger partial charge in [-0.05, 0) is 23.4 Å². The summed E-state index contributed by atoms with van der Waals surface area (Å²) < 4.78 is 42.4. The minimum atomic E-state index is -4.26. The third-order valence-corrected chi connectivity index (χ3v) is 3.05. The summed E-state index contributed by atoms with van der Waals surface area (Å²) in [4.78, 5) is 0. The molecule has 0 bridgehead atoms. The van der Waals surface area contributed by atoms with Crippen molar-refractivity contribution in [2.75, 3.05) is 13.2 Å². The molecule has 2 aromatic rings. The van der Waals surface area contributed by atoms with Crippen molar-refractivity contribution in [2.24, 2.45) is 5.73 Å². The minimum Gasteiger partial charge on any atom is -0.372 e. The number of nitrogens with zero attached hydrogens (tertiary/aromatic N) is 1. The zero-order chi connectivity index (χ0) is 14.6. The molecule has 1 heterocycles. The van der Waals surface area contributed by atoms with Crippen LogP contribution in [0.2, 0.25) is 0 Å². The molecule has 0 saturated carbocycles. The van der Waals surface area contributed by atoms with Gasteiger partial charge >= 0.3 is 6.18 Å². The molecule has 0 atom stereocenters. The number of ether oxygens (including phenoxy) is 1. The van der Waals surface area contributed by atoms with Crippen LogP contribution in [-0.4, -0.2) is 24.0 Å². The van der Waals surface area contributed by atoms with Gasteiger partial charge in [-0.25, -0.2) is 0 Å². The Labute approximate surface area is 115 Å². The number of aryl methyl sites for hydroxylation is 1. The average Bonchev–Trinajstić information content (AvgIpc) is 2.80. The van der Waals surface area contributed by atoms with Crippen molar-refractivity contribution in [1.29, 1.82) is 0 Å². The summed E-state index contributed by atoms with van der Waals surface area (Å²) in [7, 11) is 0. The zero-order valence-corrected chi connectivity index (χ0v) is 11.0. The molecule has 2 N–H and O–H groups in total. The van der Waals surface area contributed by atoms with Crippen LogP contribution in [0.15, 0.2) is 30.5 Å². The van der Waals surface area contributed by atoms with Crippen molar-refractivity contribution >= 4 is 10.9 Å². The molecule has 110 valence electrons. The molecule has 0 amide bonds. The van der Waals surface area contributed by atoms with Gasteiger partial charge in [0.15, 0.2) is 0 Å². The second-order valence-corrected chi connectivity index (χ2v) is 4.59. The predicted molar refractivity (Wildman–Crippen MR) is 71.3 cm³/mol. The number of aromatic nitrogens is 1. The lowest BCUT2D eigenvalue weighted by Crippen LogP contribution is -2.17. The first kappa shape index (κ1) is 14.9. The highest BCUT2D eigenvalue weighted by Crippen LogP contribution is 2.20. The first-order chi connectivity index (χ1) is 9.51. The van der Waals surface area contributed by atoms with Crippen molar-refractivity contribution in [3.05, 3.63) is 36.0 Å². The van der Waals surface area contributed by atoms with E-state index in [0.717, 1.165) is 16.5 Å². The van der Waals surface area contributed by atoms with Gasteiger partial charge in [0, 0.05) is 25.9 Å². The number of fused-ring (bicyclic) bond motifs is 1. The summed E-state index contributed by atoms with van der Waals surface area (Å²) in [6, 6.07) is 7.87. The predicted octanol–water partition coefficient (Wildman–Crippen LogP) is 3.07. The fourth-order valence-corrected chi connectivity index (χ4v) is 2.22. The van der Waals surface area contributed by atoms with Crippen LogP contribution in [0.1, 0.15) is 12.0 Å². The Balaban J connectivity index is 1.94. The fourth-order valence-electron chi connectivity index (χ4n) is 2.22. The average molecular weight is 286 g/mol. The van der Waals surface area contributed by atoms with Gasteiger partial charge in [0.05, 0.1) is 5.52 Å². The second kappa shape index (κ2) is 6.28. The zero-order valence-electron chi connectivity index (χ0n) is 11.0. The molecule has 0 aliphatic carbocycles. The summed E-state index contributed by atoms with van der Waals surface area (Å²) in [6.45, 7) is -0.0538. The molecule has 0 aliphatic rings. The number of alkyl halides is 3. The maximum atomic E-state index is 11.9. The SMILES string of the molecule is NCc1cccc2ccn(CCCOCC(F)(F)F)c12. The number of hydrogen-bond acceptors (Lipinski definition) is 2. The van der Waals surface area contributed by atoms with Crippen molar-refractivity contribution in [3.8, 4) is 0 Å². The van der Waals surface area contributed by atoms with Crippen LogP contribution < -0.4 is 5.73 Å². The Morgan fingerprint density at radius 2 is 2.00 bits per heavy atom. The fraction of sp³-hybridized carbons (Fsp3) is 0.429. The van der Waals surface area contributed by atoms with E-state index in [1.165, 1.54) is 0 Å². The number of halogens is 3. The summed E-state index contributed by atoms with van der Waals surface area (Å²) in [6.07, 6.45) is -1.81. The van der Waals surface area contributed by atoms with Crippen LogP contribution in [0.4, 0.5) is 13.2 Å². The monoisotopic (exact) mass is 286 g/mol. The molecule has 0 fully saturated rings. The molecule has 0 saturated heterocycles. The quantitative estimate of drug-likeness (QED) is 0.829. The topological polar surface area (TPSA) is 40.2 Å². The van der Waals surface area contributed by atoms with Gasteiger partial charge in [-0.1, -0.05) is 18.2 Å². The van der Waals surface area contributed by atoms with E-state index in [4.69, 9.17) is 5.73 Å². The minimum absolute atomic E-state index is 0.0873. The lowest BCUT2D eigenvalue weighted by Gasteiger charge is -2.10. The highest BCUT2D eigenvalue weighted by Gasteiger charge is 2.27. The molecule has 0 unspecified atom stereocenters. The van der Waals surface area contributed by atoms with Crippen molar-refractivity contribution in [1.82, 2.24) is 4.57 Å². The van der Waals surface area contributed by atoms with Gasteiger partial charge in [0.25, 0.3) is 0 Å². The lowest BCUT2D eigenvalue weighted by molar-refractivity contribution is -0.174. The summed E-state index contributed by atoms with van der Waals surface area (Å²) in [5, 5.41) is 1.09. The summed E-state index contributed by atoms with van der Waals surface area (Å²) in [5.41, 5.74) is 7.78. The van der Waals surface area contributed by atoms with Crippen LogP contribution in [0.25, 0.3) is 10.9 Å². The molecule has 6 heteroatoms. The Morgan fingerprint density at radius 1 is 1.20 bits per heavy atom. The van der Waals surface area contributed by atoms with E-state index in [0.29, 0.717) is 19.5 Å². The first-order valence-electron chi connectivity index (χ1n) is 6.42. The Bertz CT molecular complexity index is 563. The molecule has 0 aliphatic heterocycles. The molecule has 0 radical (unpaired) electrons. The highest BCUT2D eigenvalue weighted by atomic mass is 19.4. The van der Waals surface area contributed by atoms with Crippen LogP contribution in [0.3, 0.4) is 0 Å². The molecular weight excluding hydrogens is 269 g/mol. The molecule has 1 aromatic heterocycles. The molecule has 0 spiro atoms. The summed E-state index contributed by atoms with van der Waals surface area (Å²) >= 11 is 0. The normalized spacial score (nSPS) is 12.2. The summed E-state index contributed by atoms with van der Waals surface area (Å²) in [5.74, 6) is 0. The molecule has 1 aromatic carbocycles. The molecule has 2 rings (SSSR count). The molecule has 20 heavy (non-hydrogen) atoms. The number of nitrogens with two attached hydrogens (primary N) is 1. The second-order valence-electron chi connectivity index (χ2n) is 4.59. The van der Waals surface area contributed by atoms with Crippen molar-refractivity contribution in [2.45, 2.75) is 25.7 Å². The van der Waals surface area contributed by atoms with Gasteiger partial charge in [-0.2, -0.15) is 13.2 Å². The van der Waals surface area contributed by atoms with Gasteiger partial charge in [0.1, 0.15) is 6.61 Å². The van der Waals surface area contributed by atoms with E-state index in [1.807, 2.05) is 35.0 Å². The smallest absolute Gasteiger partial charge is 0.372 e. The third kappa shape index (κ3) is 3.74. The van der Waals surface area contributed by atoms with E-state index < -0.39 is 12.8 Å². The highest BCUT2D eigenvalue weighted by molar-refractivity contribution is 5.83. The van der Waals surface area contributed by atoms with Gasteiger partial charge in [-0.3, -0.25) is 0 Å². The molecular formula is C14H17F3N2O. The first-order valence-corrected chi connectivity index (χ1v) is 6.42. The third-order valence-electron chi connectivity index (χ3n) is 3.05.